The number of anilines is 5. The Bertz CT molecular complexity index is 2570. The number of amides is 1. The summed E-state index contributed by atoms with van der Waals surface area (Å²) in [5, 5.41) is 9.76. The van der Waals surface area contributed by atoms with Crippen LogP contribution < -0.4 is 35.6 Å². The van der Waals surface area contributed by atoms with Crippen LogP contribution in [0.3, 0.4) is 0 Å². The number of thiazole rings is 1. The number of alkyl halides is 1. The fourth-order valence-electron chi connectivity index (χ4n) is 7.61. The van der Waals surface area contributed by atoms with Crippen LogP contribution in [0.2, 0.25) is 0 Å². The Labute approximate surface area is 420 Å². The zero-order chi connectivity index (χ0) is 50.3. The van der Waals surface area contributed by atoms with Crippen LogP contribution >= 0.6 is 39.5 Å². The fourth-order valence-corrected chi connectivity index (χ4v) is 8.91. The Morgan fingerprint density at radius 3 is 2.03 bits per heavy atom. The number of carbonyl (C=O) groups excluding carboxylic acids is 3. The van der Waals surface area contributed by atoms with Gasteiger partial charge in [0.1, 0.15) is 16.3 Å². The predicted molar refractivity (Wildman–Crippen MR) is 278 cm³/mol. The molecule has 19 heteroatoms. The van der Waals surface area contributed by atoms with Gasteiger partial charge >= 0.3 is 6.09 Å². The summed E-state index contributed by atoms with van der Waals surface area (Å²) in [7, 11) is 2.75. The second-order valence-electron chi connectivity index (χ2n) is 16.9. The molecule has 0 aliphatic carbocycles. The Hall–Kier alpha value is -5.98. The van der Waals surface area contributed by atoms with Crippen LogP contribution in [-0.4, -0.2) is 109 Å². The van der Waals surface area contributed by atoms with E-state index in [4.69, 9.17) is 19.9 Å². The van der Waals surface area contributed by atoms with Crippen molar-refractivity contribution in [3.05, 3.63) is 113 Å². The lowest BCUT2D eigenvalue weighted by Crippen LogP contribution is -2.44. The highest BCUT2D eigenvalue weighted by Crippen LogP contribution is 2.32. The number of nitrogens with two attached hydrogens (primary N) is 1. The summed E-state index contributed by atoms with van der Waals surface area (Å²) in [6.07, 6.45) is 1.84. The number of hydrogen-bond acceptors (Lipinski definition) is 15. The maximum Gasteiger partial charge on any atom is 0.410 e. The van der Waals surface area contributed by atoms with Gasteiger partial charge in [0.15, 0.2) is 34.0 Å². The first-order valence-corrected chi connectivity index (χ1v) is 24.7. The molecule has 2 atom stereocenters. The van der Waals surface area contributed by atoms with E-state index < -0.39 is 17.2 Å². The van der Waals surface area contributed by atoms with Crippen molar-refractivity contribution in [1.29, 1.82) is 0 Å². The van der Waals surface area contributed by atoms with Gasteiger partial charge in [-0.05, 0) is 144 Å². The highest BCUT2D eigenvalue weighted by atomic mass is 79.9. The first-order valence-electron chi connectivity index (χ1n) is 22.4. The van der Waals surface area contributed by atoms with E-state index in [1.807, 2.05) is 69.0 Å². The predicted octanol–water partition coefficient (Wildman–Crippen LogP) is 10.7. The number of Topliss-reactive ketones (excluding diaryl/α,β-unsaturated/α-hetero) is 1. The Morgan fingerprint density at radius 1 is 0.899 bits per heavy atom. The zero-order valence-corrected chi connectivity index (χ0v) is 43.0. The molecule has 0 saturated carbocycles. The molecule has 4 N–H and O–H groups in total. The first-order chi connectivity index (χ1) is 33.0. The monoisotopic (exact) mass is 1050 g/mol. The highest BCUT2D eigenvalue weighted by molar-refractivity contribution is 9.09. The number of ether oxygens (including phenoxy) is 3. The van der Waals surface area contributed by atoms with Gasteiger partial charge in [-0.1, -0.05) is 34.2 Å². The van der Waals surface area contributed by atoms with Crippen LogP contribution in [0, 0.1) is 11.6 Å². The minimum atomic E-state index is -0.602. The van der Waals surface area contributed by atoms with E-state index in [1.54, 1.807) is 0 Å². The molecule has 7 rings (SSSR count). The van der Waals surface area contributed by atoms with Crippen LogP contribution in [-0.2, 0) is 4.74 Å². The molecule has 2 unspecified atom stereocenters. The lowest BCUT2D eigenvalue weighted by atomic mass is 10.1. The van der Waals surface area contributed by atoms with Crippen LogP contribution in [0.4, 0.5) is 47.3 Å². The maximum absolute atomic E-state index is 14.0. The summed E-state index contributed by atoms with van der Waals surface area (Å²) in [5.74, 6) is -1.32. The SMILES string of the molecule is CCN(C(=O)OC(C)(C)C)C1CCN(c2ccc(N=C=S)cc2)C1.CCNC1CCN(c2ccc(Nc3nc(N)c(C(=O)c4ccc(OC)c(F)c4)s3)cc2)C1.COc1ccc(C(=O)CBr)cc1F. The molecule has 2 fully saturated rings. The number of likely N-dealkylation sites (N-methyl/N-ethyl adjacent to an activating group) is 2. The third-order valence-corrected chi connectivity index (χ3v) is 12.6. The Kier molecular flexibility index (Phi) is 20.0. The van der Waals surface area contributed by atoms with Crippen molar-refractivity contribution >= 4 is 96.0 Å². The molecule has 5 aromatic rings. The number of aliphatic imine (C=N–C) groups is 1. The van der Waals surface area contributed by atoms with Crippen molar-refractivity contribution in [2.45, 2.75) is 65.1 Å². The van der Waals surface area contributed by atoms with Crippen molar-refractivity contribution in [3.63, 3.8) is 0 Å². The molecule has 14 nitrogen and oxygen atoms in total. The summed E-state index contributed by atoms with van der Waals surface area (Å²) in [5.41, 5.74) is 9.99. The minimum absolute atomic E-state index is 0.0794. The van der Waals surface area contributed by atoms with E-state index in [0.717, 1.165) is 80.0 Å². The smallest absolute Gasteiger partial charge is 0.410 e. The number of thiocarbonyl (C=S) groups is 1. The van der Waals surface area contributed by atoms with E-state index in [0.29, 0.717) is 23.3 Å². The molecular formula is C50H59BrF2N8O6S2. The summed E-state index contributed by atoms with van der Waals surface area (Å²) in [4.78, 5) is 51.3. The second-order valence-corrected chi connectivity index (χ2v) is 18.6. The van der Waals surface area contributed by atoms with E-state index >= 15 is 0 Å². The number of ketones is 2. The Balaban J connectivity index is 0.000000211. The number of nitrogen functional groups attached to an aromatic ring is 1. The third-order valence-electron chi connectivity index (χ3n) is 11.0. The number of nitrogens with zero attached hydrogens (tertiary/aromatic N) is 5. The van der Waals surface area contributed by atoms with Gasteiger partial charge in [0.25, 0.3) is 0 Å². The summed E-state index contributed by atoms with van der Waals surface area (Å²) >= 11 is 8.76. The van der Waals surface area contributed by atoms with Crippen molar-refractivity contribution in [2.24, 2.45) is 4.99 Å². The van der Waals surface area contributed by atoms with Gasteiger partial charge < -0.3 is 45.3 Å². The number of benzene rings is 4. The van der Waals surface area contributed by atoms with E-state index in [9.17, 15) is 23.2 Å². The number of halogens is 3. The number of methoxy groups -OCH3 is 2. The lowest BCUT2D eigenvalue weighted by Gasteiger charge is -2.31. The molecule has 2 aliphatic heterocycles. The van der Waals surface area contributed by atoms with Gasteiger partial charge in [0.2, 0.25) is 5.78 Å². The van der Waals surface area contributed by atoms with Gasteiger partial charge in [-0.2, -0.15) is 4.99 Å². The topological polar surface area (TPSA) is 164 Å². The van der Waals surface area contributed by atoms with E-state index in [-0.39, 0.29) is 56.8 Å². The Morgan fingerprint density at radius 2 is 1.48 bits per heavy atom. The van der Waals surface area contributed by atoms with Gasteiger partial charge in [0, 0.05) is 67.0 Å². The molecule has 1 aromatic heterocycles. The summed E-state index contributed by atoms with van der Waals surface area (Å²) in [6.45, 7) is 15.2. The fraction of sp³-hybridized carbons (Fsp3) is 0.380. The molecule has 1 amide bonds. The van der Waals surface area contributed by atoms with Crippen molar-refractivity contribution in [3.8, 4) is 11.5 Å². The average molecular weight is 1050 g/mol. The summed E-state index contributed by atoms with van der Waals surface area (Å²) in [6, 6.07) is 24.9. The van der Waals surface area contributed by atoms with Crippen LogP contribution in [0.15, 0.2) is 89.9 Å². The summed E-state index contributed by atoms with van der Waals surface area (Å²) < 4.78 is 42.2. The highest BCUT2D eigenvalue weighted by Gasteiger charge is 2.32. The van der Waals surface area contributed by atoms with Gasteiger partial charge in [-0.15, -0.1) is 0 Å². The van der Waals surface area contributed by atoms with Crippen molar-refractivity contribution < 1.29 is 37.4 Å². The molecule has 0 radical (unpaired) electrons. The molecule has 69 heavy (non-hydrogen) atoms. The second kappa shape index (κ2) is 25.6. The molecule has 0 spiro atoms. The van der Waals surface area contributed by atoms with Crippen molar-refractivity contribution in [2.75, 3.05) is 79.7 Å². The number of rotatable bonds is 15. The largest absolute Gasteiger partial charge is 0.494 e. The average Bonchev–Trinajstić information content (AvgIpc) is 4.10. The van der Waals surface area contributed by atoms with Crippen LogP contribution in [0.5, 0.6) is 11.5 Å². The zero-order valence-electron chi connectivity index (χ0n) is 39.8. The van der Waals surface area contributed by atoms with E-state index in [2.05, 4.69) is 82.8 Å². The van der Waals surface area contributed by atoms with Crippen LogP contribution in [0.25, 0.3) is 0 Å². The number of isothiocyanates is 1. The van der Waals surface area contributed by atoms with Crippen LogP contribution in [0.1, 0.15) is 73.1 Å². The number of nitrogens with one attached hydrogen (secondary N) is 2. The van der Waals surface area contributed by atoms with Crippen molar-refractivity contribution in [1.82, 2.24) is 15.2 Å². The number of aromatic nitrogens is 1. The number of carbonyl (C=O) groups is 3. The molecule has 368 valence electrons. The minimum Gasteiger partial charge on any atom is -0.494 e. The maximum atomic E-state index is 14.0. The number of hydrogen-bond donors (Lipinski definition) is 3. The molecule has 3 heterocycles. The normalized spacial score (nSPS) is 15.2. The van der Waals surface area contributed by atoms with Gasteiger partial charge in [-0.25, -0.2) is 18.6 Å². The first kappa shape index (κ1) is 54.0. The lowest BCUT2D eigenvalue weighted by molar-refractivity contribution is 0.0190. The van der Waals surface area contributed by atoms with Gasteiger partial charge in [0.05, 0.1) is 36.4 Å². The third kappa shape index (κ3) is 15.3. The standard InChI is InChI=1S/C23H26FN5O2S.C18H25N3O2S.C9H8BrFO2/c1-3-26-16-10-11-29(13-16)17-7-5-15(6-8-17)27-23-28-22(25)21(32-23)20(30)14-4-9-19(31-2)18(24)12-14;1-5-21(17(22)23-18(2,3)4)16-10-11-20(12-16)15-8-6-14(7-9-15)19-13-24;1-13-9-3-2-6(4-7(9)11)8(12)5-10/h4-9,12,16,26H,3,10-11,13,25H2,1-2H3,(H,27,28);6-9,16H,5,10-12H2,1-4H3;2-4H,5H2,1H3. The molecule has 2 aliphatic rings. The van der Waals surface area contributed by atoms with E-state index in [1.165, 1.54) is 50.2 Å². The molecule has 4 aromatic carbocycles. The van der Waals surface area contributed by atoms with Gasteiger partial charge in [-0.3, -0.25) is 9.59 Å². The molecule has 2 saturated heterocycles. The molecular weight excluding hydrogens is 991 g/mol. The quantitative estimate of drug-likeness (QED) is 0.0393. The molecule has 0 bridgehead atoms.